The van der Waals surface area contributed by atoms with Crippen molar-refractivity contribution in [3.8, 4) is 0 Å². The third-order valence-electron chi connectivity index (χ3n) is 4.77. The van der Waals surface area contributed by atoms with Crippen LogP contribution in [0, 0.1) is 12.8 Å². The summed E-state index contributed by atoms with van der Waals surface area (Å²) in [5.74, 6) is -0.117. The van der Waals surface area contributed by atoms with Gasteiger partial charge in [0.25, 0.3) is 10.0 Å². The molecule has 1 aromatic rings. The van der Waals surface area contributed by atoms with E-state index in [1.165, 1.54) is 21.2 Å². The number of amides is 1. The number of nitrogens with zero attached hydrogens (tertiary/aromatic N) is 2. The lowest BCUT2D eigenvalue weighted by molar-refractivity contribution is -0.139. The van der Waals surface area contributed by atoms with E-state index in [9.17, 15) is 13.2 Å². The Hall–Kier alpha value is -1.18. The second-order valence-corrected chi connectivity index (χ2v) is 10.3. The number of thiophene rings is 1. The molecule has 132 valence electrons. The molecule has 24 heavy (non-hydrogen) atoms. The molecule has 4 rings (SSSR count). The van der Waals surface area contributed by atoms with Crippen molar-refractivity contribution < 1.29 is 13.2 Å². The maximum Gasteiger partial charge on any atom is 0.252 e. The van der Waals surface area contributed by atoms with Crippen molar-refractivity contribution >= 4 is 27.3 Å². The standard InChI is InChI=1S/C17H24N2O3S2/c1-12(2)8-9-19-15-6-5-14(17(19)20)10-18(11-15)24(21,22)16-7-4-13(3)23-16/h4,7-8,14-15H,5-6,9-11H2,1-3H3. The van der Waals surface area contributed by atoms with Crippen LogP contribution in [-0.4, -0.2) is 49.2 Å². The zero-order valence-electron chi connectivity index (χ0n) is 14.4. The summed E-state index contributed by atoms with van der Waals surface area (Å²) in [6.07, 6.45) is 3.70. The van der Waals surface area contributed by atoms with Crippen molar-refractivity contribution in [2.45, 2.75) is 43.9 Å². The molecule has 1 amide bonds. The Morgan fingerprint density at radius 3 is 2.67 bits per heavy atom. The van der Waals surface area contributed by atoms with Crippen LogP contribution in [0.25, 0.3) is 0 Å². The molecule has 0 N–H and O–H groups in total. The Labute approximate surface area is 148 Å². The van der Waals surface area contributed by atoms with Crippen LogP contribution >= 0.6 is 11.3 Å². The van der Waals surface area contributed by atoms with Crippen LogP contribution < -0.4 is 0 Å². The number of piperidine rings is 1. The summed E-state index contributed by atoms with van der Waals surface area (Å²) in [5.41, 5.74) is 1.17. The number of hydrogen-bond acceptors (Lipinski definition) is 4. The average molecular weight is 369 g/mol. The van der Waals surface area contributed by atoms with E-state index in [2.05, 4.69) is 0 Å². The van der Waals surface area contributed by atoms with Gasteiger partial charge in [-0.25, -0.2) is 8.42 Å². The number of hydrogen-bond donors (Lipinski definition) is 0. The molecule has 0 saturated carbocycles. The average Bonchev–Trinajstić information content (AvgIpc) is 2.77. The fraction of sp³-hybridized carbons (Fsp3) is 0.588. The van der Waals surface area contributed by atoms with E-state index in [0.717, 1.165) is 17.7 Å². The van der Waals surface area contributed by atoms with Crippen molar-refractivity contribution in [3.05, 3.63) is 28.7 Å². The van der Waals surface area contributed by atoms with Gasteiger partial charge >= 0.3 is 0 Å². The topological polar surface area (TPSA) is 57.7 Å². The number of rotatable bonds is 4. The molecule has 7 heteroatoms. The molecule has 0 spiro atoms. The van der Waals surface area contributed by atoms with Crippen molar-refractivity contribution in [2.75, 3.05) is 19.6 Å². The van der Waals surface area contributed by atoms with E-state index in [1.54, 1.807) is 6.07 Å². The molecule has 2 unspecified atom stereocenters. The van der Waals surface area contributed by atoms with Crippen molar-refractivity contribution in [1.29, 1.82) is 0 Å². The molecule has 5 nitrogen and oxygen atoms in total. The maximum atomic E-state index is 12.9. The molecule has 3 aliphatic rings. The molecule has 0 aliphatic carbocycles. The maximum absolute atomic E-state index is 12.9. The summed E-state index contributed by atoms with van der Waals surface area (Å²) < 4.78 is 27.8. The van der Waals surface area contributed by atoms with Gasteiger partial charge in [-0.2, -0.15) is 4.31 Å². The monoisotopic (exact) mass is 368 g/mol. The number of fused-ring (bicyclic) bond motifs is 4. The minimum absolute atomic E-state index is 0.0253. The summed E-state index contributed by atoms with van der Waals surface area (Å²) in [7, 11) is -3.51. The first-order valence-corrected chi connectivity index (χ1v) is 10.5. The summed E-state index contributed by atoms with van der Waals surface area (Å²) in [5, 5.41) is 0. The van der Waals surface area contributed by atoms with E-state index in [4.69, 9.17) is 0 Å². The Morgan fingerprint density at radius 2 is 2.04 bits per heavy atom. The predicted molar refractivity (Wildman–Crippen MR) is 95.5 cm³/mol. The van der Waals surface area contributed by atoms with Gasteiger partial charge in [-0.15, -0.1) is 11.3 Å². The van der Waals surface area contributed by atoms with Crippen LogP contribution in [0.5, 0.6) is 0 Å². The summed E-state index contributed by atoms with van der Waals surface area (Å²) in [6.45, 7) is 7.21. The van der Waals surface area contributed by atoms with Crippen LogP contribution in [0.15, 0.2) is 28.0 Å². The largest absolute Gasteiger partial charge is 0.334 e. The van der Waals surface area contributed by atoms with E-state index in [-0.39, 0.29) is 17.9 Å². The number of allylic oxidation sites excluding steroid dienone is 1. The van der Waals surface area contributed by atoms with E-state index in [0.29, 0.717) is 23.8 Å². The van der Waals surface area contributed by atoms with Crippen molar-refractivity contribution in [3.63, 3.8) is 0 Å². The van der Waals surface area contributed by atoms with Crippen LogP contribution in [0.2, 0.25) is 0 Å². The summed E-state index contributed by atoms with van der Waals surface area (Å²) >= 11 is 1.30. The van der Waals surface area contributed by atoms with Gasteiger partial charge in [0, 0.05) is 30.6 Å². The van der Waals surface area contributed by atoms with Crippen LogP contribution in [0.1, 0.15) is 31.6 Å². The zero-order valence-corrected chi connectivity index (χ0v) is 16.0. The van der Waals surface area contributed by atoms with Gasteiger partial charge in [-0.3, -0.25) is 4.79 Å². The molecule has 4 heterocycles. The van der Waals surface area contributed by atoms with Crippen molar-refractivity contribution in [2.24, 2.45) is 5.92 Å². The smallest absolute Gasteiger partial charge is 0.252 e. The number of carbonyl (C=O) groups excluding carboxylic acids is 1. The lowest BCUT2D eigenvalue weighted by Gasteiger charge is -2.35. The SMILES string of the molecule is CC(C)=CCN1C(=O)C2CCC1CN(S(=O)(=O)c1ccc(C)s1)C2. The van der Waals surface area contributed by atoms with Gasteiger partial charge in [0.2, 0.25) is 5.91 Å². The molecule has 0 aromatic carbocycles. The molecular formula is C17H24N2O3S2. The molecular weight excluding hydrogens is 344 g/mol. The Bertz CT molecular complexity index is 763. The molecule has 0 radical (unpaired) electrons. The van der Waals surface area contributed by atoms with Gasteiger partial charge in [-0.1, -0.05) is 11.6 Å². The van der Waals surface area contributed by atoms with Gasteiger partial charge in [0.15, 0.2) is 0 Å². The summed E-state index contributed by atoms with van der Waals surface area (Å²) in [4.78, 5) is 15.6. The van der Waals surface area contributed by atoms with Crippen molar-refractivity contribution in [1.82, 2.24) is 9.21 Å². The molecule has 3 aliphatic heterocycles. The first kappa shape index (κ1) is 17.6. The van der Waals surface area contributed by atoms with Crippen LogP contribution in [0.4, 0.5) is 0 Å². The summed E-state index contributed by atoms with van der Waals surface area (Å²) in [6, 6.07) is 3.48. The van der Waals surface area contributed by atoms with E-state index >= 15 is 0 Å². The predicted octanol–water partition coefficient (Wildman–Crippen LogP) is 2.63. The Balaban J connectivity index is 1.87. The molecule has 2 bridgehead atoms. The second-order valence-electron chi connectivity index (χ2n) is 6.89. The molecule has 3 fully saturated rings. The second kappa shape index (κ2) is 6.61. The zero-order chi connectivity index (χ0) is 17.5. The quantitative estimate of drug-likeness (QED) is 0.768. The highest BCUT2D eigenvalue weighted by Gasteiger charge is 2.43. The van der Waals surface area contributed by atoms with E-state index in [1.807, 2.05) is 37.8 Å². The van der Waals surface area contributed by atoms with E-state index < -0.39 is 10.0 Å². The minimum atomic E-state index is -3.51. The number of sulfonamides is 1. The van der Waals surface area contributed by atoms with Gasteiger partial charge in [0.05, 0.1) is 5.92 Å². The first-order chi connectivity index (χ1) is 11.3. The molecule has 3 saturated heterocycles. The normalized spacial score (nSPS) is 25.0. The molecule has 1 aromatic heterocycles. The minimum Gasteiger partial charge on any atom is -0.334 e. The van der Waals surface area contributed by atoms with Gasteiger partial charge in [-0.05, 0) is 45.7 Å². The fourth-order valence-corrected chi connectivity index (χ4v) is 6.36. The lowest BCUT2D eigenvalue weighted by Crippen LogP contribution is -2.48. The lowest BCUT2D eigenvalue weighted by atomic mass is 9.94. The van der Waals surface area contributed by atoms with Crippen LogP contribution in [-0.2, 0) is 14.8 Å². The highest BCUT2D eigenvalue weighted by molar-refractivity contribution is 7.91. The third-order valence-corrected chi connectivity index (χ3v) is 8.07. The Kier molecular flexibility index (Phi) is 4.86. The highest BCUT2D eigenvalue weighted by Crippen LogP contribution is 2.33. The van der Waals surface area contributed by atoms with Gasteiger partial charge in [0.1, 0.15) is 4.21 Å². The third kappa shape index (κ3) is 3.30. The van der Waals surface area contributed by atoms with Crippen LogP contribution in [0.3, 0.4) is 0 Å². The molecule has 2 atom stereocenters. The first-order valence-electron chi connectivity index (χ1n) is 8.29. The Morgan fingerprint density at radius 1 is 1.29 bits per heavy atom. The number of carbonyl (C=O) groups is 1. The fourth-order valence-electron chi connectivity index (χ4n) is 3.40. The highest BCUT2D eigenvalue weighted by atomic mass is 32.2. The number of aryl methyl sites for hydroxylation is 1. The van der Waals surface area contributed by atoms with Gasteiger partial charge < -0.3 is 4.90 Å².